The predicted octanol–water partition coefficient (Wildman–Crippen LogP) is 5.68. The predicted molar refractivity (Wildman–Crippen MR) is 152 cm³/mol. The van der Waals surface area contributed by atoms with Gasteiger partial charge in [0.15, 0.2) is 12.1 Å². The Bertz CT molecular complexity index is 1480. The van der Waals surface area contributed by atoms with Crippen molar-refractivity contribution < 1.29 is 4.79 Å². The van der Waals surface area contributed by atoms with E-state index < -0.39 is 0 Å². The molecule has 0 spiro atoms. The lowest BCUT2D eigenvalue weighted by Gasteiger charge is -2.40. The van der Waals surface area contributed by atoms with Crippen LogP contribution >= 0.6 is 0 Å². The van der Waals surface area contributed by atoms with Crippen molar-refractivity contribution in [3.05, 3.63) is 120 Å². The monoisotopic (exact) mass is 501 g/mol. The summed E-state index contributed by atoms with van der Waals surface area (Å²) in [4.78, 5) is 22.0. The zero-order valence-electron chi connectivity index (χ0n) is 21.6. The summed E-state index contributed by atoms with van der Waals surface area (Å²) in [7, 11) is 0. The lowest BCUT2D eigenvalue weighted by atomic mass is 9.96. The van der Waals surface area contributed by atoms with Crippen LogP contribution in [0.2, 0.25) is 0 Å². The van der Waals surface area contributed by atoms with Crippen molar-refractivity contribution in [1.29, 1.82) is 0 Å². The molecule has 0 saturated carbocycles. The van der Waals surface area contributed by atoms with Crippen LogP contribution in [0, 0.1) is 0 Å². The molecule has 3 aromatic carbocycles. The number of hydrogen-bond acceptors (Lipinski definition) is 5. The first-order valence-electron chi connectivity index (χ1n) is 13.3. The Morgan fingerprint density at radius 2 is 1.47 bits per heavy atom. The first-order chi connectivity index (χ1) is 18.8. The Kier molecular flexibility index (Phi) is 6.71. The summed E-state index contributed by atoms with van der Waals surface area (Å²) in [5.41, 5.74) is 6.85. The van der Waals surface area contributed by atoms with Gasteiger partial charge < -0.3 is 4.90 Å². The molecule has 0 bridgehead atoms. The fraction of sp³-hybridized carbons (Fsp3) is 0.219. The van der Waals surface area contributed by atoms with Crippen LogP contribution in [0.4, 0.5) is 5.82 Å². The zero-order valence-corrected chi connectivity index (χ0v) is 21.6. The normalized spacial score (nSPS) is 14.3. The Labute approximate surface area is 223 Å². The van der Waals surface area contributed by atoms with Gasteiger partial charge in [-0.05, 0) is 23.1 Å². The van der Waals surface area contributed by atoms with Crippen LogP contribution in [0.25, 0.3) is 16.8 Å². The van der Waals surface area contributed by atoms with Crippen molar-refractivity contribution in [2.75, 3.05) is 31.1 Å². The van der Waals surface area contributed by atoms with Gasteiger partial charge >= 0.3 is 0 Å². The zero-order chi connectivity index (χ0) is 25.9. The van der Waals surface area contributed by atoms with Gasteiger partial charge in [0.1, 0.15) is 11.2 Å². The lowest BCUT2D eigenvalue weighted by Crippen LogP contribution is -2.48. The maximum Gasteiger partial charge on any atom is 0.155 e. The molecule has 5 aromatic rings. The number of anilines is 1. The molecule has 0 radical (unpaired) electrons. The van der Waals surface area contributed by atoms with E-state index in [-0.39, 0.29) is 6.04 Å². The number of fused-ring (bicyclic) bond motifs is 1. The smallest absolute Gasteiger partial charge is 0.155 e. The molecule has 0 atom stereocenters. The second kappa shape index (κ2) is 10.6. The largest absolute Gasteiger partial charge is 0.352 e. The molecule has 6 nitrogen and oxygen atoms in total. The highest BCUT2D eigenvalue weighted by molar-refractivity contribution is 5.98. The second-order valence-electron chi connectivity index (χ2n) is 9.72. The van der Waals surface area contributed by atoms with E-state index in [1.54, 1.807) is 10.7 Å². The average Bonchev–Trinajstić information content (AvgIpc) is 3.38. The van der Waals surface area contributed by atoms with Crippen LogP contribution in [0.3, 0.4) is 0 Å². The van der Waals surface area contributed by atoms with Crippen molar-refractivity contribution in [2.45, 2.75) is 19.4 Å². The van der Waals surface area contributed by atoms with Gasteiger partial charge in [-0.25, -0.2) is 9.50 Å². The Balaban J connectivity index is 1.30. The molecule has 0 amide bonds. The minimum absolute atomic E-state index is 0.196. The highest BCUT2D eigenvalue weighted by Gasteiger charge is 2.29. The van der Waals surface area contributed by atoms with Crippen LogP contribution in [0.5, 0.6) is 0 Å². The molecule has 1 aliphatic heterocycles. The summed E-state index contributed by atoms with van der Waals surface area (Å²) in [6.45, 7) is 5.52. The third-order valence-electron chi connectivity index (χ3n) is 7.53. The van der Waals surface area contributed by atoms with Crippen molar-refractivity contribution in [2.24, 2.45) is 0 Å². The summed E-state index contributed by atoms with van der Waals surface area (Å²) in [5.74, 6) is 0.814. The van der Waals surface area contributed by atoms with E-state index in [9.17, 15) is 4.79 Å². The van der Waals surface area contributed by atoms with E-state index in [4.69, 9.17) is 10.1 Å². The molecule has 1 saturated heterocycles. The molecule has 3 heterocycles. The maximum absolute atomic E-state index is 12.4. The van der Waals surface area contributed by atoms with E-state index in [2.05, 4.69) is 89.5 Å². The number of aromatic nitrogens is 3. The summed E-state index contributed by atoms with van der Waals surface area (Å²) >= 11 is 0. The van der Waals surface area contributed by atoms with Gasteiger partial charge in [0.25, 0.3) is 0 Å². The number of aryl methyl sites for hydroxylation is 1. The Morgan fingerprint density at radius 3 is 2.05 bits per heavy atom. The molecule has 6 heteroatoms. The number of aldehydes is 1. The van der Waals surface area contributed by atoms with Crippen molar-refractivity contribution in [1.82, 2.24) is 19.5 Å². The number of piperazine rings is 1. The molecule has 6 rings (SSSR count). The van der Waals surface area contributed by atoms with E-state index in [1.165, 1.54) is 16.7 Å². The fourth-order valence-electron chi connectivity index (χ4n) is 5.54. The highest BCUT2D eigenvalue weighted by atomic mass is 16.1. The number of hydrogen-bond donors (Lipinski definition) is 0. The van der Waals surface area contributed by atoms with Gasteiger partial charge in [-0.2, -0.15) is 5.10 Å². The third-order valence-corrected chi connectivity index (χ3v) is 7.53. The average molecular weight is 502 g/mol. The van der Waals surface area contributed by atoms with Crippen LogP contribution in [-0.2, 0) is 6.42 Å². The Morgan fingerprint density at radius 1 is 0.842 bits per heavy atom. The molecular weight excluding hydrogens is 470 g/mol. The van der Waals surface area contributed by atoms with Gasteiger partial charge in [-0.1, -0.05) is 91.9 Å². The van der Waals surface area contributed by atoms with Crippen molar-refractivity contribution in [3.8, 4) is 11.3 Å². The topological polar surface area (TPSA) is 53.7 Å². The van der Waals surface area contributed by atoms with Gasteiger partial charge in [-0.15, -0.1) is 0 Å². The summed E-state index contributed by atoms with van der Waals surface area (Å²) in [6, 6.07) is 29.9. The number of nitrogens with zero attached hydrogens (tertiary/aromatic N) is 5. The van der Waals surface area contributed by atoms with E-state index in [0.717, 1.165) is 55.8 Å². The van der Waals surface area contributed by atoms with Crippen molar-refractivity contribution >= 4 is 17.6 Å². The van der Waals surface area contributed by atoms with E-state index in [0.29, 0.717) is 11.3 Å². The van der Waals surface area contributed by atoms with E-state index >= 15 is 0 Å². The second-order valence-corrected chi connectivity index (χ2v) is 9.72. The first kappa shape index (κ1) is 24.1. The molecule has 2 aromatic heterocycles. The Hall–Kier alpha value is -4.29. The lowest BCUT2D eigenvalue weighted by molar-refractivity contribution is 0.112. The first-order valence-corrected chi connectivity index (χ1v) is 13.3. The quantitative estimate of drug-likeness (QED) is 0.269. The summed E-state index contributed by atoms with van der Waals surface area (Å²) < 4.78 is 1.80. The summed E-state index contributed by atoms with van der Waals surface area (Å²) in [5, 5.41) is 4.80. The number of carbonyl (C=O) groups is 1. The minimum Gasteiger partial charge on any atom is -0.352 e. The van der Waals surface area contributed by atoms with Crippen LogP contribution in [0.1, 0.15) is 40.0 Å². The molecule has 190 valence electrons. The SMILES string of the molecule is CCc1ccc(-c2nn3ccnc(N4CCN(C(c5ccccc5)c5ccccc5)CC4)c3c2C=O)cc1. The molecular formula is C32H31N5O. The van der Waals surface area contributed by atoms with Crippen LogP contribution in [-0.4, -0.2) is 52.0 Å². The molecule has 0 aliphatic carbocycles. The maximum atomic E-state index is 12.4. The number of rotatable bonds is 7. The highest BCUT2D eigenvalue weighted by Crippen LogP contribution is 2.33. The third kappa shape index (κ3) is 4.48. The molecule has 38 heavy (non-hydrogen) atoms. The van der Waals surface area contributed by atoms with Gasteiger partial charge in [-0.3, -0.25) is 9.69 Å². The van der Waals surface area contributed by atoms with Crippen molar-refractivity contribution in [3.63, 3.8) is 0 Å². The minimum atomic E-state index is 0.196. The number of carbonyl (C=O) groups excluding carboxylic acids is 1. The molecule has 0 N–H and O–H groups in total. The summed E-state index contributed by atoms with van der Waals surface area (Å²) in [6.07, 6.45) is 5.50. The molecule has 0 unspecified atom stereocenters. The van der Waals surface area contributed by atoms with Gasteiger partial charge in [0.2, 0.25) is 0 Å². The van der Waals surface area contributed by atoms with Crippen LogP contribution in [0.15, 0.2) is 97.3 Å². The molecule has 1 aliphatic rings. The van der Waals surface area contributed by atoms with Gasteiger partial charge in [0, 0.05) is 44.1 Å². The van der Waals surface area contributed by atoms with Gasteiger partial charge in [0.05, 0.1) is 11.6 Å². The standard InChI is InChI=1S/C32H31N5O/c1-2-24-13-15-25(16-14-24)29-28(23-38)31-32(33-17-18-37(31)34-29)36-21-19-35(20-22-36)30(26-9-5-3-6-10-26)27-11-7-4-8-12-27/h3-18,23,30H,2,19-22H2,1H3. The molecule has 1 fully saturated rings. The fourth-order valence-corrected chi connectivity index (χ4v) is 5.54. The number of benzene rings is 3. The van der Waals surface area contributed by atoms with Crippen LogP contribution < -0.4 is 4.90 Å². The van der Waals surface area contributed by atoms with E-state index in [1.807, 2.05) is 18.3 Å².